The van der Waals surface area contributed by atoms with E-state index in [1.165, 1.54) is 10.6 Å². The minimum atomic E-state index is 0.537. The van der Waals surface area contributed by atoms with Gasteiger partial charge < -0.3 is 5.32 Å². The van der Waals surface area contributed by atoms with E-state index in [1.54, 1.807) is 11.3 Å². The van der Waals surface area contributed by atoms with Gasteiger partial charge >= 0.3 is 0 Å². The molecular formula is C16H22N2S. The summed E-state index contributed by atoms with van der Waals surface area (Å²) in [5, 5.41) is 6.86. The number of hydrogen-bond donors (Lipinski definition) is 1. The van der Waals surface area contributed by atoms with Crippen molar-refractivity contribution in [1.82, 2.24) is 10.3 Å². The van der Waals surface area contributed by atoms with Crippen LogP contribution in [0.4, 0.5) is 0 Å². The predicted octanol–water partition coefficient (Wildman–Crippen LogP) is 3.54. The van der Waals surface area contributed by atoms with E-state index in [0.29, 0.717) is 12.0 Å². The van der Waals surface area contributed by atoms with Crippen LogP contribution in [0.1, 0.15) is 24.4 Å². The molecule has 0 fully saturated rings. The molecule has 1 heterocycles. The molecule has 1 aromatic carbocycles. The molecule has 2 rings (SSSR count). The zero-order valence-corrected chi connectivity index (χ0v) is 12.5. The molecule has 0 aliphatic carbocycles. The highest BCUT2D eigenvalue weighted by Gasteiger charge is 2.12. The quantitative estimate of drug-likeness (QED) is 0.835. The van der Waals surface area contributed by atoms with E-state index in [9.17, 15) is 0 Å². The normalized spacial score (nSPS) is 12.8. The Bertz CT molecular complexity index is 451. The Morgan fingerprint density at radius 1 is 1.16 bits per heavy atom. The minimum absolute atomic E-state index is 0.537. The Morgan fingerprint density at radius 2 is 1.95 bits per heavy atom. The van der Waals surface area contributed by atoms with Gasteiger partial charge in [0.05, 0.1) is 5.01 Å². The lowest BCUT2D eigenvalue weighted by Crippen LogP contribution is -2.31. The Labute approximate surface area is 119 Å². The Morgan fingerprint density at radius 3 is 2.58 bits per heavy atom. The van der Waals surface area contributed by atoms with Crippen LogP contribution in [0.25, 0.3) is 0 Å². The van der Waals surface area contributed by atoms with Gasteiger partial charge in [-0.05, 0) is 24.4 Å². The molecule has 0 saturated heterocycles. The van der Waals surface area contributed by atoms with E-state index in [4.69, 9.17) is 0 Å². The largest absolute Gasteiger partial charge is 0.314 e. The summed E-state index contributed by atoms with van der Waals surface area (Å²) in [6, 6.07) is 11.3. The summed E-state index contributed by atoms with van der Waals surface area (Å²) >= 11 is 1.76. The molecule has 2 nitrogen and oxygen atoms in total. The molecule has 102 valence electrons. The first-order valence-corrected chi connectivity index (χ1v) is 7.77. The Hall–Kier alpha value is -1.19. The predicted molar refractivity (Wildman–Crippen MR) is 82.6 cm³/mol. The third-order valence-electron chi connectivity index (χ3n) is 3.13. The van der Waals surface area contributed by atoms with Crippen LogP contribution < -0.4 is 5.32 Å². The SMILES string of the molecule is CC(C)NCC(Cc1ccccc1)Cc1nccs1. The van der Waals surface area contributed by atoms with Crippen molar-refractivity contribution in [2.45, 2.75) is 32.7 Å². The molecule has 0 saturated carbocycles. The molecule has 0 spiro atoms. The van der Waals surface area contributed by atoms with Crippen LogP contribution in [0.2, 0.25) is 0 Å². The van der Waals surface area contributed by atoms with Gasteiger partial charge in [0.15, 0.2) is 0 Å². The standard InChI is InChI=1S/C16H22N2S/c1-13(2)18-12-15(11-16-17-8-9-19-16)10-14-6-4-3-5-7-14/h3-9,13,15,18H,10-12H2,1-2H3. The third kappa shape index (κ3) is 5.13. The van der Waals surface area contributed by atoms with E-state index in [-0.39, 0.29) is 0 Å². The number of nitrogens with one attached hydrogen (secondary N) is 1. The van der Waals surface area contributed by atoms with Gasteiger partial charge in [0, 0.05) is 24.0 Å². The van der Waals surface area contributed by atoms with Gasteiger partial charge in [-0.3, -0.25) is 0 Å². The van der Waals surface area contributed by atoms with Crippen LogP contribution in [0, 0.1) is 5.92 Å². The molecule has 1 N–H and O–H groups in total. The maximum absolute atomic E-state index is 4.42. The topological polar surface area (TPSA) is 24.9 Å². The molecular weight excluding hydrogens is 252 g/mol. The van der Waals surface area contributed by atoms with E-state index in [2.05, 4.69) is 59.9 Å². The number of thiazole rings is 1. The molecule has 0 aliphatic heterocycles. The zero-order chi connectivity index (χ0) is 13.5. The maximum atomic E-state index is 4.42. The average Bonchev–Trinajstić information content (AvgIpc) is 2.90. The molecule has 3 heteroatoms. The molecule has 2 aromatic rings. The van der Waals surface area contributed by atoms with Gasteiger partial charge in [-0.1, -0.05) is 44.2 Å². The highest BCUT2D eigenvalue weighted by atomic mass is 32.1. The Kier molecular flexibility index (Phi) is 5.55. The van der Waals surface area contributed by atoms with Crippen molar-refractivity contribution < 1.29 is 0 Å². The molecule has 1 aromatic heterocycles. The number of benzene rings is 1. The van der Waals surface area contributed by atoms with E-state index in [1.807, 2.05) is 6.20 Å². The summed E-state index contributed by atoms with van der Waals surface area (Å²) in [4.78, 5) is 4.42. The van der Waals surface area contributed by atoms with E-state index >= 15 is 0 Å². The fourth-order valence-electron chi connectivity index (χ4n) is 2.17. The van der Waals surface area contributed by atoms with Crippen molar-refractivity contribution >= 4 is 11.3 Å². The van der Waals surface area contributed by atoms with Crippen molar-refractivity contribution in [3.8, 4) is 0 Å². The van der Waals surface area contributed by atoms with Crippen LogP contribution in [0.3, 0.4) is 0 Å². The number of rotatable bonds is 7. The second-order valence-corrected chi connectivity index (χ2v) is 6.23. The first kappa shape index (κ1) is 14.2. The summed E-state index contributed by atoms with van der Waals surface area (Å²) in [6.07, 6.45) is 4.07. The summed E-state index contributed by atoms with van der Waals surface area (Å²) in [5.41, 5.74) is 1.41. The van der Waals surface area contributed by atoms with Crippen molar-refractivity contribution in [2.75, 3.05) is 6.54 Å². The maximum Gasteiger partial charge on any atom is 0.0928 e. The lowest BCUT2D eigenvalue weighted by atomic mass is 9.96. The summed E-state index contributed by atoms with van der Waals surface area (Å²) < 4.78 is 0. The van der Waals surface area contributed by atoms with Gasteiger partial charge in [-0.2, -0.15) is 0 Å². The highest BCUT2D eigenvalue weighted by Crippen LogP contribution is 2.16. The third-order valence-corrected chi connectivity index (χ3v) is 3.93. The van der Waals surface area contributed by atoms with E-state index in [0.717, 1.165) is 19.4 Å². The molecule has 19 heavy (non-hydrogen) atoms. The molecule has 0 bridgehead atoms. The zero-order valence-electron chi connectivity index (χ0n) is 11.7. The summed E-state index contributed by atoms with van der Waals surface area (Å²) in [5.74, 6) is 0.607. The first-order chi connectivity index (χ1) is 9.24. The van der Waals surface area contributed by atoms with Crippen molar-refractivity contribution in [1.29, 1.82) is 0 Å². The average molecular weight is 274 g/mol. The van der Waals surface area contributed by atoms with Crippen LogP contribution >= 0.6 is 11.3 Å². The van der Waals surface area contributed by atoms with Crippen LogP contribution in [-0.2, 0) is 12.8 Å². The lowest BCUT2D eigenvalue weighted by molar-refractivity contribution is 0.443. The Balaban J connectivity index is 1.97. The van der Waals surface area contributed by atoms with Crippen molar-refractivity contribution in [3.05, 3.63) is 52.5 Å². The van der Waals surface area contributed by atoms with Crippen molar-refractivity contribution in [3.63, 3.8) is 0 Å². The monoisotopic (exact) mass is 274 g/mol. The fourth-order valence-corrected chi connectivity index (χ4v) is 2.90. The molecule has 0 aliphatic rings. The summed E-state index contributed by atoms with van der Waals surface area (Å²) in [7, 11) is 0. The highest BCUT2D eigenvalue weighted by molar-refractivity contribution is 7.09. The van der Waals surface area contributed by atoms with Crippen molar-refractivity contribution in [2.24, 2.45) is 5.92 Å². The first-order valence-electron chi connectivity index (χ1n) is 6.89. The second-order valence-electron chi connectivity index (χ2n) is 5.25. The molecule has 1 atom stereocenters. The summed E-state index contributed by atoms with van der Waals surface area (Å²) in [6.45, 7) is 5.44. The van der Waals surface area contributed by atoms with Crippen LogP contribution in [0.5, 0.6) is 0 Å². The van der Waals surface area contributed by atoms with Crippen LogP contribution in [-0.4, -0.2) is 17.6 Å². The molecule has 0 radical (unpaired) electrons. The fraction of sp³-hybridized carbons (Fsp3) is 0.438. The molecule has 1 unspecified atom stereocenters. The number of aromatic nitrogens is 1. The van der Waals surface area contributed by atoms with E-state index < -0.39 is 0 Å². The van der Waals surface area contributed by atoms with Gasteiger partial charge in [0.25, 0.3) is 0 Å². The second kappa shape index (κ2) is 7.41. The van der Waals surface area contributed by atoms with Gasteiger partial charge in [-0.15, -0.1) is 11.3 Å². The lowest BCUT2D eigenvalue weighted by Gasteiger charge is -2.18. The molecule has 0 amide bonds. The van der Waals surface area contributed by atoms with Gasteiger partial charge in [-0.25, -0.2) is 4.98 Å². The van der Waals surface area contributed by atoms with Gasteiger partial charge in [0.2, 0.25) is 0 Å². The smallest absolute Gasteiger partial charge is 0.0928 e. The number of hydrogen-bond acceptors (Lipinski definition) is 3. The van der Waals surface area contributed by atoms with Crippen LogP contribution in [0.15, 0.2) is 41.9 Å². The van der Waals surface area contributed by atoms with Gasteiger partial charge in [0.1, 0.15) is 0 Å². The minimum Gasteiger partial charge on any atom is -0.314 e. The number of nitrogens with zero attached hydrogens (tertiary/aromatic N) is 1.